The molecular weight excluding hydrogens is 494 g/mol. The summed E-state index contributed by atoms with van der Waals surface area (Å²) in [6.45, 7) is 9.23. The maximum Gasteiger partial charge on any atom is 0.0711 e. The zero-order valence-corrected chi connectivity index (χ0v) is 24.2. The number of hydrogen-bond acceptors (Lipinski definition) is 1. The predicted molar refractivity (Wildman–Crippen MR) is 176 cm³/mol. The zero-order chi connectivity index (χ0) is 27.9. The van der Waals surface area contributed by atoms with E-state index in [1.165, 1.54) is 88.1 Å². The molecule has 0 radical (unpaired) electrons. The molecule has 1 nitrogen and oxygen atoms in total. The Kier molecular flexibility index (Phi) is 5.19. The van der Waals surface area contributed by atoms with E-state index < -0.39 is 0 Å². The van der Waals surface area contributed by atoms with Crippen molar-refractivity contribution in [2.24, 2.45) is 0 Å². The van der Waals surface area contributed by atoms with Crippen molar-refractivity contribution in [1.82, 2.24) is 4.98 Å². The average molecular weight is 528 g/mol. The van der Waals surface area contributed by atoms with Gasteiger partial charge >= 0.3 is 0 Å². The van der Waals surface area contributed by atoms with E-state index in [1.807, 2.05) is 6.20 Å². The third-order valence-electron chi connectivity index (χ3n) is 9.53. The standard InChI is InChI=1S/C40H33N/c1-5-7-19-36-24(6-2)39-38(40(36,3)4)31(20-21-41-39)32-22-34-30-18-12-17-29-25-13-8-11-16-28(25)35(37(29)30)23-33(34)27-15-10-9-14-26(27)32/h7-23H,5-6H2,1-4H3/b19-7-. The fourth-order valence-corrected chi connectivity index (χ4v) is 7.76. The van der Waals surface area contributed by atoms with Gasteiger partial charge in [0, 0.05) is 11.6 Å². The lowest BCUT2D eigenvalue weighted by molar-refractivity contribution is 0.653. The Hall–Kier alpha value is -4.49. The minimum atomic E-state index is -0.129. The Bertz CT molecular complexity index is 2140. The second-order valence-electron chi connectivity index (χ2n) is 12.0. The smallest absolute Gasteiger partial charge is 0.0711 e. The Labute approximate surface area is 241 Å². The summed E-state index contributed by atoms with van der Waals surface area (Å²) < 4.78 is 0. The summed E-state index contributed by atoms with van der Waals surface area (Å²) in [6, 6.07) is 31.9. The largest absolute Gasteiger partial charge is 0.256 e. The highest BCUT2D eigenvalue weighted by molar-refractivity contribution is 6.28. The molecule has 0 fully saturated rings. The van der Waals surface area contributed by atoms with Gasteiger partial charge in [0.2, 0.25) is 0 Å². The predicted octanol–water partition coefficient (Wildman–Crippen LogP) is 11.3. The van der Waals surface area contributed by atoms with Crippen LogP contribution in [0.3, 0.4) is 0 Å². The van der Waals surface area contributed by atoms with Crippen molar-refractivity contribution in [3.05, 3.63) is 120 Å². The van der Waals surface area contributed by atoms with Crippen molar-refractivity contribution >= 4 is 37.9 Å². The third-order valence-corrected chi connectivity index (χ3v) is 9.53. The molecule has 1 aromatic heterocycles. The molecule has 1 heteroatoms. The van der Waals surface area contributed by atoms with E-state index in [1.54, 1.807) is 0 Å². The van der Waals surface area contributed by atoms with Gasteiger partial charge in [0.25, 0.3) is 0 Å². The van der Waals surface area contributed by atoms with Crippen molar-refractivity contribution in [2.45, 2.75) is 46.0 Å². The van der Waals surface area contributed by atoms with Gasteiger partial charge in [-0.2, -0.15) is 0 Å². The second-order valence-corrected chi connectivity index (χ2v) is 12.0. The van der Waals surface area contributed by atoms with Crippen LogP contribution >= 0.6 is 0 Å². The van der Waals surface area contributed by atoms with E-state index in [4.69, 9.17) is 4.98 Å². The number of hydrogen-bond donors (Lipinski definition) is 0. The summed E-state index contributed by atoms with van der Waals surface area (Å²) in [5, 5.41) is 7.97. The van der Waals surface area contributed by atoms with Gasteiger partial charge < -0.3 is 0 Å². The second kappa shape index (κ2) is 8.75. The van der Waals surface area contributed by atoms with Crippen LogP contribution in [-0.2, 0) is 5.41 Å². The Balaban J connectivity index is 1.48. The highest BCUT2D eigenvalue weighted by Gasteiger charge is 2.39. The fraction of sp³-hybridized carbons (Fsp3) is 0.175. The van der Waals surface area contributed by atoms with Crippen LogP contribution in [0.4, 0.5) is 0 Å². The van der Waals surface area contributed by atoms with Crippen LogP contribution < -0.4 is 0 Å². The van der Waals surface area contributed by atoms with Crippen molar-refractivity contribution in [1.29, 1.82) is 0 Å². The maximum atomic E-state index is 5.01. The van der Waals surface area contributed by atoms with Gasteiger partial charge in [-0.3, -0.25) is 4.98 Å². The molecule has 41 heavy (non-hydrogen) atoms. The average Bonchev–Trinajstić information content (AvgIpc) is 3.44. The normalized spacial score (nSPS) is 15.0. The minimum Gasteiger partial charge on any atom is -0.256 e. The van der Waals surface area contributed by atoms with Gasteiger partial charge in [-0.25, -0.2) is 0 Å². The van der Waals surface area contributed by atoms with Crippen molar-refractivity contribution in [2.75, 3.05) is 0 Å². The number of benzene rings is 5. The van der Waals surface area contributed by atoms with Crippen molar-refractivity contribution in [3.8, 4) is 33.4 Å². The molecule has 0 unspecified atom stereocenters. The summed E-state index contributed by atoms with van der Waals surface area (Å²) >= 11 is 0. The fourth-order valence-electron chi connectivity index (χ4n) is 7.76. The number of pyridine rings is 1. The van der Waals surface area contributed by atoms with Gasteiger partial charge in [-0.1, -0.05) is 107 Å². The van der Waals surface area contributed by atoms with Crippen molar-refractivity contribution in [3.63, 3.8) is 0 Å². The van der Waals surface area contributed by atoms with Crippen molar-refractivity contribution < 1.29 is 0 Å². The lowest BCUT2D eigenvalue weighted by Crippen LogP contribution is -2.18. The molecule has 0 saturated heterocycles. The SMILES string of the molecule is CC/C=C\C1=C(CC)c2nccc(-c3cc4c5cccc6c5c(cc4c4ccccc34)-c3ccccc3-6)c2C1(C)C. The molecule has 6 aromatic rings. The Morgan fingerprint density at radius 2 is 1.29 bits per heavy atom. The van der Waals surface area contributed by atoms with Crippen LogP contribution in [-0.4, -0.2) is 4.98 Å². The number of aromatic nitrogens is 1. The molecule has 1 heterocycles. The van der Waals surface area contributed by atoms with Crippen LogP contribution in [0.2, 0.25) is 0 Å². The first-order chi connectivity index (χ1) is 20.0. The quantitative estimate of drug-likeness (QED) is 0.207. The lowest BCUT2D eigenvalue weighted by atomic mass is 9.77. The minimum absolute atomic E-state index is 0.129. The molecule has 5 aromatic carbocycles. The van der Waals surface area contributed by atoms with Crippen LogP contribution in [0.25, 0.3) is 71.3 Å². The number of nitrogens with zero attached hydrogens (tertiary/aromatic N) is 1. The first-order valence-corrected chi connectivity index (χ1v) is 15.0. The summed E-state index contributed by atoms with van der Waals surface area (Å²) in [5.41, 5.74) is 13.2. The monoisotopic (exact) mass is 527 g/mol. The van der Waals surface area contributed by atoms with E-state index in [2.05, 4.69) is 125 Å². The maximum absolute atomic E-state index is 5.01. The lowest BCUT2D eigenvalue weighted by Gasteiger charge is -2.26. The highest BCUT2D eigenvalue weighted by atomic mass is 14.7. The van der Waals surface area contributed by atoms with E-state index in [0.29, 0.717) is 0 Å². The first-order valence-electron chi connectivity index (χ1n) is 15.0. The zero-order valence-electron chi connectivity index (χ0n) is 24.2. The molecule has 0 aliphatic heterocycles. The molecule has 0 N–H and O–H groups in total. The van der Waals surface area contributed by atoms with E-state index in [-0.39, 0.29) is 5.41 Å². The van der Waals surface area contributed by atoms with E-state index >= 15 is 0 Å². The number of allylic oxidation sites excluding steroid dienone is 4. The van der Waals surface area contributed by atoms with Gasteiger partial charge in [-0.15, -0.1) is 0 Å². The summed E-state index contributed by atoms with van der Waals surface area (Å²) in [5.74, 6) is 0. The Morgan fingerprint density at radius 1 is 0.634 bits per heavy atom. The van der Waals surface area contributed by atoms with Gasteiger partial charge in [0.15, 0.2) is 0 Å². The van der Waals surface area contributed by atoms with E-state index in [9.17, 15) is 0 Å². The molecule has 2 aliphatic carbocycles. The summed E-state index contributed by atoms with van der Waals surface area (Å²) in [6.07, 6.45) is 8.68. The van der Waals surface area contributed by atoms with Gasteiger partial charge in [0.1, 0.15) is 0 Å². The summed E-state index contributed by atoms with van der Waals surface area (Å²) in [7, 11) is 0. The molecule has 0 saturated carbocycles. The first kappa shape index (κ1) is 24.3. The molecule has 2 aliphatic rings. The topological polar surface area (TPSA) is 12.9 Å². The third kappa shape index (κ3) is 3.21. The van der Waals surface area contributed by atoms with Gasteiger partial charge in [0.05, 0.1) is 5.69 Å². The van der Waals surface area contributed by atoms with Crippen LogP contribution in [0.1, 0.15) is 51.8 Å². The van der Waals surface area contributed by atoms with Crippen LogP contribution in [0.5, 0.6) is 0 Å². The summed E-state index contributed by atoms with van der Waals surface area (Å²) in [4.78, 5) is 5.01. The molecule has 0 spiro atoms. The molecule has 0 bridgehead atoms. The highest BCUT2D eigenvalue weighted by Crippen LogP contribution is 2.54. The molecule has 8 rings (SSSR count). The molecular formula is C40H33N. The molecule has 0 atom stereocenters. The van der Waals surface area contributed by atoms with Crippen LogP contribution in [0, 0.1) is 0 Å². The molecule has 0 amide bonds. The molecule has 198 valence electrons. The van der Waals surface area contributed by atoms with Crippen LogP contribution in [0.15, 0.2) is 109 Å². The number of rotatable bonds is 4. The van der Waals surface area contributed by atoms with E-state index in [0.717, 1.165) is 12.8 Å². The number of fused-ring (bicyclic) bond motifs is 8. The van der Waals surface area contributed by atoms with Gasteiger partial charge in [-0.05, 0) is 113 Å². The Morgan fingerprint density at radius 3 is 2.07 bits per heavy atom.